The number of aliphatic hydroxyl groups excluding tert-OH is 1. The van der Waals surface area contributed by atoms with Gasteiger partial charge in [0, 0.05) is 26.1 Å². The number of urea groups is 1. The van der Waals surface area contributed by atoms with E-state index in [0.29, 0.717) is 5.92 Å². The van der Waals surface area contributed by atoms with Crippen LogP contribution in [0.15, 0.2) is 0 Å². The molecule has 1 saturated carbocycles. The van der Waals surface area contributed by atoms with E-state index in [1.807, 2.05) is 6.92 Å². The van der Waals surface area contributed by atoms with Crippen LogP contribution < -0.4 is 5.32 Å². The highest BCUT2D eigenvalue weighted by atomic mass is 16.4. The van der Waals surface area contributed by atoms with E-state index >= 15 is 0 Å². The number of amides is 2. The average molecular weight is 244 g/mol. The van der Waals surface area contributed by atoms with Crippen LogP contribution in [0.3, 0.4) is 0 Å². The zero-order valence-electron chi connectivity index (χ0n) is 10.2. The van der Waals surface area contributed by atoms with Crippen LogP contribution in [-0.4, -0.2) is 52.9 Å². The molecule has 1 aliphatic rings. The number of carboxylic acid groups (broad SMARTS) is 1. The predicted molar refractivity (Wildman–Crippen MR) is 61.6 cm³/mol. The van der Waals surface area contributed by atoms with Crippen LogP contribution in [0.4, 0.5) is 4.79 Å². The van der Waals surface area contributed by atoms with Crippen molar-refractivity contribution in [2.24, 2.45) is 5.92 Å². The number of nitrogens with one attached hydrogen (secondary N) is 1. The Bertz CT molecular complexity index is 291. The number of carbonyl (C=O) groups is 2. The molecule has 2 atom stereocenters. The van der Waals surface area contributed by atoms with Gasteiger partial charge in [-0.3, -0.25) is 0 Å². The summed E-state index contributed by atoms with van der Waals surface area (Å²) in [5, 5.41) is 20.1. The number of rotatable bonds is 6. The highest BCUT2D eigenvalue weighted by Gasteiger charge is 2.32. The molecule has 0 saturated heterocycles. The minimum atomic E-state index is -1.42. The zero-order valence-corrected chi connectivity index (χ0v) is 10.2. The molecule has 3 N–H and O–H groups in total. The van der Waals surface area contributed by atoms with Crippen LogP contribution in [0.25, 0.3) is 0 Å². The second-order valence-electron chi connectivity index (χ2n) is 4.56. The lowest BCUT2D eigenvalue weighted by Gasteiger charge is -2.25. The lowest BCUT2D eigenvalue weighted by Crippen LogP contribution is -2.44. The maximum atomic E-state index is 11.7. The van der Waals surface area contributed by atoms with Gasteiger partial charge in [0.15, 0.2) is 6.10 Å². The van der Waals surface area contributed by atoms with Crippen molar-refractivity contribution in [3.63, 3.8) is 0 Å². The molecule has 0 aromatic heterocycles. The van der Waals surface area contributed by atoms with Crippen molar-refractivity contribution in [3.05, 3.63) is 0 Å². The van der Waals surface area contributed by atoms with E-state index in [0.717, 1.165) is 12.8 Å². The van der Waals surface area contributed by atoms with Gasteiger partial charge in [0.1, 0.15) is 0 Å². The molecule has 17 heavy (non-hydrogen) atoms. The molecule has 0 radical (unpaired) electrons. The molecule has 0 heterocycles. The SMILES string of the molecule is CC(C1CC1)N(C)C(=O)NCCC(O)C(=O)O. The monoisotopic (exact) mass is 244 g/mol. The summed E-state index contributed by atoms with van der Waals surface area (Å²) in [6.07, 6.45) is 0.932. The predicted octanol–water partition coefficient (Wildman–Crippen LogP) is 0.262. The van der Waals surface area contributed by atoms with Gasteiger partial charge >= 0.3 is 12.0 Å². The number of aliphatic hydroxyl groups is 1. The molecular weight excluding hydrogens is 224 g/mol. The minimum Gasteiger partial charge on any atom is -0.479 e. The third-order valence-electron chi connectivity index (χ3n) is 3.21. The molecule has 0 spiro atoms. The van der Waals surface area contributed by atoms with E-state index in [4.69, 9.17) is 10.2 Å². The fourth-order valence-corrected chi connectivity index (χ4v) is 1.64. The van der Waals surface area contributed by atoms with Gasteiger partial charge in [-0.2, -0.15) is 0 Å². The first kappa shape index (κ1) is 13.8. The van der Waals surface area contributed by atoms with Gasteiger partial charge in [-0.1, -0.05) is 0 Å². The van der Waals surface area contributed by atoms with Gasteiger partial charge in [0.2, 0.25) is 0 Å². The number of carbonyl (C=O) groups excluding carboxylic acids is 1. The summed E-state index contributed by atoms with van der Waals surface area (Å²) >= 11 is 0. The van der Waals surface area contributed by atoms with Crippen molar-refractivity contribution in [3.8, 4) is 0 Å². The van der Waals surface area contributed by atoms with Gasteiger partial charge in [-0.05, 0) is 25.7 Å². The Hall–Kier alpha value is -1.30. The molecule has 0 aliphatic heterocycles. The van der Waals surface area contributed by atoms with Gasteiger partial charge < -0.3 is 20.4 Å². The first-order valence-electron chi connectivity index (χ1n) is 5.85. The minimum absolute atomic E-state index is 0.0206. The summed E-state index contributed by atoms with van der Waals surface area (Å²) < 4.78 is 0. The number of aliphatic carboxylic acids is 1. The second kappa shape index (κ2) is 5.86. The van der Waals surface area contributed by atoms with Crippen molar-refractivity contribution in [1.29, 1.82) is 0 Å². The summed E-state index contributed by atoms with van der Waals surface area (Å²) in [5.74, 6) is -0.672. The lowest BCUT2D eigenvalue weighted by atomic mass is 10.2. The normalized spacial score (nSPS) is 18.3. The van der Waals surface area contributed by atoms with E-state index in [1.54, 1.807) is 11.9 Å². The molecule has 6 heteroatoms. The van der Waals surface area contributed by atoms with Gasteiger partial charge in [0.25, 0.3) is 0 Å². The Balaban J connectivity index is 2.22. The molecule has 98 valence electrons. The Morgan fingerprint density at radius 1 is 1.47 bits per heavy atom. The summed E-state index contributed by atoms with van der Waals surface area (Å²) in [4.78, 5) is 23.6. The molecule has 1 aliphatic carbocycles. The number of hydrogen-bond donors (Lipinski definition) is 3. The van der Waals surface area contributed by atoms with E-state index in [-0.39, 0.29) is 25.0 Å². The van der Waals surface area contributed by atoms with Gasteiger partial charge in [-0.25, -0.2) is 9.59 Å². The Labute approximate surface area is 101 Å². The smallest absolute Gasteiger partial charge is 0.332 e. The number of hydrogen-bond acceptors (Lipinski definition) is 3. The lowest BCUT2D eigenvalue weighted by molar-refractivity contribution is -0.146. The standard InChI is InChI=1S/C11H20N2O4/c1-7(8-3-4-8)13(2)11(17)12-6-5-9(14)10(15)16/h7-9,14H,3-6H2,1-2H3,(H,12,17)(H,15,16). The molecule has 1 rings (SSSR count). The van der Waals surface area contributed by atoms with Gasteiger partial charge in [0.05, 0.1) is 0 Å². The number of carboxylic acids is 1. The largest absolute Gasteiger partial charge is 0.479 e. The van der Waals surface area contributed by atoms with Crippen molar-refractivity contribution in [2.45, 2.75) is 38.3 Å². The molecule has 2 amide bonds. The van der Waals surface area contributed by atoms with Gasteiger partial charge in [-0.15, -0.1) is 0 Å². The van der Waals surface area contributed by atoms with Crippen LogP contribution >= 0.6 is 0 Å². The van der Waals surface area contributed by atoms with E-state index in [1.165, 1.54) is 0 Å². The van der Waals surface area contributed by atoms with Crippen LogP contribution in [0.5, 0.6) is 0 Å². The first-order chi connectivity index (χ1) is 7.93. The fourth-order valence-electron chi connectivity index (χ4n) is 1.64. The van der Waals surface area contributed by atoms with Crippen molar-refractivity contribution in [2.75, 3.05) is 13.6 Å². The highest BCUT2D eigenvalue weighted by molar-refractivity contribution is 5.74. The first-order valence-corrected chi connectivity index (χ1v) is 5.85. The molecule has 1 fully saturated rings. The topological polar surface area (TPSA) is 89.9 Å². The average Bonchev–Trinajstić information content (AvgIpc) is 3.10. The number of nitrogens with zero attached hydrogens (tertiary/aromatic N) is 1. The van der Waals surface area contributed by atoms with Crippen molar-refractivity contribution >= 4 is 12.0 Å². The zero-order chi connectivity index (χ0) is 13.0. The van der Waals surface area contributed by atoms with Crippen LogP contribution in [0, 0.1) is 5.92 Å². The third-order valence-corrected chi connectivity index (χ3v) is 3.21. The molecule has 0 aromatic rings. The van der Waals surface area contributed by atoms with Crippen LogP contribution in [0.2, 0.25) is 0 Å². The van der Waals surface area contributed by atoms with E-state index in [9.17, 15) is 9.59 Å². The Morgan fingerprint density at radius 2 is 2.06 bits per heavy atom. The van der Waals surface area contributed by atoms with Crippen molar-refractivity contribution in [1.82, 2.24) is 10.2 Å². The Morgan fingerprint density at radius 3 is 2.53 bits per heavy atom. The van der Waals surface area contributed by atoms with Crippen LogP contribution in [-0.2, 0) is 4.79 Å². The Kier molecular flexibility index (Phi) is 4.74. The quantitative estimate of drug-likeness (QED) is 0.625. The summed E-state index contributed by atoms with van der Waals surface area (Å²) in [7, 11) is 1.73. The summed E-state index contributed by atoms with van der Waals surface area (Å²) in [6.45, 7) is 2.16. The van der Waals surface area contributed by atoms with Crippen molar-refractivity contribution < 1.29 is 19.8 Å². The molecule has 0 aromatic carbocycles. The van der Waals surface area contributed by atoms with E-state index in [2.05, 4.69) is 5.32 Å². The maximum Gasteiger partial charge on any atom is 0.332 e. The summed E-state index contributed by atoms with van der Waals surface area (Å²) in [6, 6.07) is -0.0126. The molecule has 2 unspecified atom stereocenters. The molecule has 6 nitrogen and oxygen atoms in total. The molecular formula is C11H20N2O4. The second-order valence-corrected chi connectivity index (χ2v) is 4.56. The fraction of sp³-hybridized carbons (Fsp3) is 0.818. The van der Waals surface area contributed by atoms with Crippen LogP contribution in [0.1, 0.15) is 26.2 Å². The van der Waals surface area contributed by atoms with E-state index < -0.39 is 12.1 Å². The molecule has 0 bridgehead atoms. The summed E-state index contributed by atoms with van der Waals surface area (Å²) in [5.41, 5.74) is 0. The maximum absolute atomic E-state index is 11.7. The third kappa shape index (κ3) is 4.22. The highest BCUT2D eigenvalue weighted by Crippen LogP contribution is 2.34.